The molecule has 84 valence electrons. The van der Waals surface area contributed by atoms with Gasteiger partial charge in [0.1, 0.15) is 0 Å². The van der Waals surface area contributed by atoms with E-state index in [1.54, 1.807) is 13.2 Å². The molecule has 2 N–H and O–H groups in total. The number of likely N-dealkylation sites (N-methyl/N-ethyl adjacent to an activating group) is 1. The summed E-state index contributed by atoms with van der Waals surface area (Å²) in [5, 5.41) is 5.64. The van der Waals surface area contributed by atoms with Gasteiger partial charge in [0.25, 0.3) is 0 Å². The lowest BCUT2D eigenvalue weighted by atomic mass is 10.3. The number of carbonyl (C=O) groups excluding carboxylic acids is 1. The van der Waals surface area contributed by atoms with Crippen LogP contribution in [0.4, 0.5) is 0 Å². The first-order valence-electron chi connectivity index (χ1n) is 5.20. The van der Waals surface area contributed by atoms with Gasteiger partial charge in [-0.25, -0.2) is 4.98 Å². The maximum Gasteiger partial charge on any atom is 0.233 e. The molecule has 0 radical (unpaired) electrons. The second-order valence-corrected chi connectivity index (χ2v) is 3.36. The Labute approximate surface area is 89.9 Å². The molecular weight excluding hydrogens is 192 g/mol. The maximum atomic E-state index is 10.8. The Hall–Kier alpha value is -1.36. The van der Waals surface area contributed by atoms with Crippen LogP contribution in [0.1, 0.15) is 12.8 Å². The smallest absolute Gasteiger partial charge is 0.233 e. The second-order valence-electron chi connectivity index (χ2n) is 3.36. The first-order chi connectivity index (χ1) is 7.33. The number of imidazole rings is 1. The summed E-state index contributed by atoms with van der Waals surface area (Å²) >= 11 is 0. The van der Waals surface area contributed by atoms with Crippen LogP contribution >= 0.6 is 0 Å². The molecule has 0 aliphatic carbocycles. The third kappa shape index (κ3) is 5.17. The number of amides is 1. The zero-order chi connectivity index (χ0) is 10.9. The van der Waals surface area contributed by atoms with Gasteiger partial charge >= 0.3 is 0 Å². The molecule has 0 unspecified atom stereocenters. The summed E-state index contributed by atoms with van der Waals surface area (Å²) in [7, 11) is 1.64. The van der Waals surface area contributed by atoms with Gasteiger partial charge in [-0.3, -0.25) is 4.79 Å². The molecule has 0 atom stereocenters. The summed E-state index contributed by atoms with van der Waals surface area (Å²) in [5.74, 6) is 0.0320. The van der Waals surface area contributed by atoms with Crippen LogP contribution in [0.2, 0.25) is 0 Å². The molecule has 0 saturated carbocycles. The first-order valence-corrected chi connectivity index (χ1v) is 5.20. The van der Waals surface area contributed by atoms with Gasteiger partial charge in [-0.2, -0.15) is 0 Å². The molecular formula is C10H18N4O. The van der Waals surface area contributed by atoms with E-state index in [0.717, 1.165) is 25.9 Å². The monoisotopic (exact) mass is 210 g/mol. The van der Waals surface area contributed by atoms with Crippen molar-refractivity contribution in [3.63, 3.8) is 0 Å². The van der Waals surface area contributed by atoms with E-state index in [-0.39, 0.29) is 5.91 Å². The van der Waals surface area contributed by atoms with Crippen LogP contribution in [0.15, 0.2) is 18.7 Å². The van der Waals surface area contributed by atoms with E-state index in [4.69, 9.17) is 0 Å². The highest BCUT2D eigenvalue weighted by atomic mass is 16.1. The minimum Gasteiger partial charge on any atom is -0.358 e. The molecule has 15 heavy (non-hydrogen) atoms. The zero-order valence-electron chi connectivity index (χ0n) is 9.07. The molecule has 1 rings (SSSR count). The van der Waals surface area contributed by atoms with Gasteiger partial charge in [0.2, 0.25) is 5.91 Å². The normalized spacial score (nSPS) is 10.2. The Morgan fingerprint density at radius 2 is 2.33 bits per heavy atom. The van der Waals surface area contributed by atoms with Crippen LogP contribution < -0.4 is 10.6 Å². The van der Waals surface area contributed by atoms with Crippen LogP contribution in [-0.2, 0) is 11.3 Å². The van der Waals surface area contributed by atoms with Crippen LogP contribution in [0.3, 0.4) is 0 Å². The van der Waals surface area contributed by atoms with Crippen LogP contribution in [0, 0.1) is 0 Å². The maximum absolute atomic E-state index is 10.8. The lowest BCUT2D eigenvalue weighted by molar-refractivity contribution is -0.119. The molecule has 5 heteroatoms. The topological polar surface area (TPSA) is 59.0 Å². The predicted octanol–water partition coefficient (Wildman–Crippen LogP) is -0.00110. The van der Waals surface area contributed by atoms with Crippen LogP contribution in [0.5, 0.6) is 0 Å². The number of aryl methyl sites for hydroxylation is 1. The minimum absolute atomic E-state index is 0.0320. The molecule has 1 amide bonds. The van der Waals surface area contributed by atoms with E-state index < -0.39 is 0 Å². The quantitative estimate of drug-likeness (QED) is 0.623. The van der Waals surface area contributed by atoms with Crippen molar-refractivity contribution in [2.75, 3.05) is 20.1 Å². The van der Waals surface area contributed by atoms with Crippen molar-refractivity contribution in [3.05, 3.63) is 18.7 Å². The van der Waals surface area contributed by atoms with Gasteiger partial charge in [0, 0.05) is 26.0 Å². The second kappa shape index (κ2) is 7.00. The number of nitrogens with one attached hydrogen (secondary N) is 2. The number of carbonyl (C=O) groups is 1. The Bertz CT molecular complexity index is 271. The first kappa shape index (κ1) is 11.7. The molecule has 1 heterocycles. The van der Waals surface area contributed by atoms with Crippen molar-refractivity contribution in [2.24, 2.45) is 0 Å². The van der Waals surface area contributed by atoms with E-state index in [1.165, 1.54) is 0 Å². The van der Waals surface area contributed by atoms with Crippen molar-refractivity contribution in [3.8, 4) is 0 Å². The lowest BCUT2D eigenvalue weighted by Gasteiger charge is -2.04. The van der Waals surface area contributed by atoms with Crippen molar-refractivity contribution in [2.45, 2.75) is 19.4 Å². The van der Waals surface area contributed by atoms with E-state index in [1.807, 2.05) is 12.5 Å². The van der Waals surface area contributed by atoms with Gasteiger partial charge in [0.15, 0.2) is 0 Å². The van der Waals surface area contributed by atoms with Gasteiger partial charge in [0.05, 0.1) is 12.9 Å². The summed E-state index contributed by atoms with van der Waals surface area (Å²) in [6.07, 6.45) is 7.71. The molecule has 0 saturated heterocycles. The zero-order valence-corrected chi connectivity index (χ0v) is 9.07. The fraction of sp³-hybridized carbons (Fsp3) is 0.600. The molecule has 0 bridgehead atoms. The third-order valence-corrected chi connectivity index (χ3v) is 2.14. The van der Waals surface area contributed by atoms with Crippen molar-refractivity contribution in [1.29, 1.82) is 0 Å². The molecule has 0 aromatic carbocycles. The standard InChI is InChI=1S/C10H18N4O/c1-11-10(15)8-12-4-2-3-6-14-7-5-13-9-14/h5,7,9,12H,2-4,6,8H2,1H3,(H,11,15). The largest absolute Gasteiger partial charge is 0.358 e. The molecule has 5 nitrogen and oxygen atoms in total. The number of nitrogens with zero attached hydrogens (tertiary/aromatic N) is 2. The fourth-order valence-electron chi connectivity index (χ4n) is 1.25. The van der Waals surface area contributed by atoms with E-state index in [9.17, 15) is 4.79 Å². The fourth-order valence-corrected chi connectivity index (χ4v) is 1.25. The van der Waals surface area contributed by atoms with Gasteiger partial charge in [-0.05, 0) is 19.4 Å². The van der Waals surface area contributed by atoms with E-state index in [0.29, 0.717) is 6.54 Å². The Balaban J connectivity index is 1.91. The highest BCUT2D eigenvalue weighted by Crippen LogP contribution is 1.93. The minimum atomic E-state index is 0.0320. The predicted molar refractivity (Wildman–Crippen MR) is 58.4 cm³/mol. The number of unbranched alkanes of at least 4 members (excludes halogenated alkanes) is 1. The van der Waals surface area contributed by atoms with Gasteiger partial charge < -0.3 is 15.2 Å². The third-order valence-electron chi connectivity index (χ3n) is 2.14. The lowest BCUT2D eigenvalue weighted by Crippen LogP contribution is -2.31. The Kier molecular flexibility index (Phi) is 5.47. The summed E-state index contributed by atoms with van der Waals surface area (Å²) < 4.78 is 2.05. The van der Waals surface area contributed by atoms with Gasteiger partial charge in [-0.15, -0.1) is 0 Å². The van der Waals surface area contributed by atoms with Gasteiger partial charge in [-0.1, -0.05) is 0 Å². The number of hydrogen-bond acceptors (Lipinski definition) is 3. The van der Waals surface area contributed by atoms with Crippen molar-refractivity contribution < 1.29 is 4.79 Å². The van der Waals surface area contributed by atoms with Crippen molar-refractivity contribution >= 4 is 5.91 Å². The summed E-state index contributed by atoms with van der Waals surface area (Å²) in [6.45, 7) is 2.27. The summed E-state index contributed by atoms with van der Waals surface area (Å²) in [6, 6.07) is 0. The SMILES string of the molecule is CNC(=O)CNCCCCn1ccnc1. The number of aromatic nitrogens is 2. The average Bonchev–Trinajstić information content (AvgIpc) is 2.75. The molecule has 1 aromatic rings. The molecule has 0 aliphatic rings. The average molecular weight is 210 g/mol. The molecule has 0 spiro atoms. The highest BCUT2D eigenvalue weighted by Gasteiger charge is 1.95. The van der Waals surface area contributed by atoms with E-state index >= 15 is 0 Å². The molecule has 0 fully saturated rings. The summed E-state index contributed by atoms with van der Waals surface area (Å²) in [5.41, 5.74) is 0. The van der Waals surface area contributed by atoms with Crippen molar-refractivity contribution in [1.82, 2.24) is 20.2 Å². The molecule has 0 aliphatic heterocycles. The highest BCUT2D eigenvalue weighted by molar-refractivity contribution is 5.77. The molecule has 1 aromatic heterocycles. The Morgan fingerprint density at radius 1 is 1.47 bits per heavy atom. The number of rotatable bonds is 7. The number of hydrogen-bond donors (Lipinski definition) is 2. The van der Waals surface area contributed by atoms with E-state index in [2.05, 4.69) is 20.2 Å². The van der Waals surface area contributed by atoms with Crippen LogP contribution in [-0.4, -0.2) is 35.6 Å². The Morgan fingerprint density at radius 3 is 3.00 bits per heavy atom. The summed E-state index contributed by atoms with van der Waals surface area (Å²) in [4.78, 5) is 14.8. The van der Waals surface area contributed by atoms with Crippen LogP contribution in [0.25, 0.3) is 0 Å².